The van der Waals surface area contributed by atoms with E-state index in [1.165, 1.54) is 44.9 Å². The van der Waals surface area contributed by atoms with E-state index in [4.69, 9.17) is 0 Å². The highest BCUT2D eigenvalue weighted by Crippen LogP contribution is 2.64. The van der Waals surface area contributed by atoms with Crippen molar-refractivity contribution in [3.8, 4) is 0 Å². The van der Waals surface area contributed by atoms with E-state index in [2.05, 4.69) is 28.2 Å². The number of rotatable bonds is 3. The van der Waals surface area contributed by atoms with E-state index in [-0.39, 0.29) is 9.74 Å². The number of halogens is 1. The van der Waals surface area contributed by atoms with Crippen LogP contribution in [0.3, 0.4) is 0 Å². The van der Waals surface area contributed by atoms with Gasteiger partial charge in [0.05, 0.1) is 5.41 Å². The molecule has 1 amide bonds. The molecule has 6 rings (SSSR count). The fourth-order valence-electron chi connectivity index (χ4n) is 7.79. The monoisotopic (exact) mass is 379 g/mol. The molecule has 6 atom stereocenters. The van der Waals surface area contributed by atoms with E-state index in [0.717, 1.165) is 48.9 Å². The number of amides is 1. The Morgan fingerprint density at radius 1 is 1.04 bits per heavy atom. The summed E-state index contributed by atoms with van der Waals surface area (Å²) in [4.78, 5) is 13.3. The van der Waals surface area contributed by atoms with Gasteiger partial charge >= 0.3 is 0 Å². The lowest BCUT2D eigenvalue weighted by molar-refractivity contribution is -0.145. The van der Waals surface area contributed by atoms with Crippen LogP contribution >= 0.6 is 15.9 Å². The van der Waals surface area contributed by atoms with Crippen LogP contribution in [0.4, 0.5) is 0 Å². The molecular formula is C20H30BrNO. The summed E-state index contributed by atoms with van der Waals surface area (Å²) in [6.45, 7) is 2.29. The summed E-state index contributed by atoms with van der Waals surface area (Å²) in [5, 5.41) is 3.52. The van der Waals surface area contributed by atoms with Gasteiger partial charge in [-0.05, 0) is 94.3 Å². The summed E-state index contributed by atoms with van der Waals surface area (Å²) < 4.78 is 0.282. The van der Waals surface area contributed by atoms with Crippen LogP contribution in [0.1, 0.15) is 71.1 Å². The standard InChI is InChI=1S/C20H30BrNO/c1-12(17-6-13-2-3-16(17)5-13)22-18(23)19-7-14-4-15(8-19)10-20(21,9-14)11-19/h12-17H,2-11H2,1H3,(H,22,23). The summed E-state index contributed by atoms with van der Waals surface area (Å²) >= 11 is 4.04. The van der Waals surface area contributed by atoms with Gasteiger partial charge in [-0.15, -0.1) is 0 Å². The Morgan fingerprint density at radius 2 is 1.78 bits per heavy atom. The van der Waals surface area contributed by atoms with Gasteiger partial charge < -0.3 is 5.32 Å². The Bertz CT molecular complexity index is 518. The Labute approximate surface area is 148 Å². The molecule has 3 heteroatoms. The summed E-state index contributed by atoms with van der Waals surface area (Å²) in [6, 6.07) is 0.386. The Morgan fingerprint density at radius 3 is 2.35 bits per heavy atom. The smallest absolute Gasteiger partial charge is 0.226 e. The minimum absolute atomic E-state index is 0.0422. The fraction of sp³-hybridized carbons (Fsp3) is 0.950. The van der Waals surface area contributed by atoms with Gasteiger partial charge in [0.15, 0.2) is 0 Å². The molecule has 6 unspecified atom stereocenters. The average molecular weight is 380 g/mol. The number of nitrogens with one attached hydrogen (secondary N) is 1. The van der Waals surface area contributed by atoms with E-state index in [0.29, 0.717) is 11.9 Å². The van der Waals surface area contributed by atoms with E-state index in [1.807, 2.05) is 0 Å². The normalized spacial score (nSPS) is 54.4. The average Bonchev–Trinajstić information content (AvgIpc) is 3.07. The van der Waals surface area contributed by atoms with Gasteiger partial charge in [-0.25, -0.2) is 0 Å². The van der Waals surface area contributed by atoms with Crippen LogP contribution in [0.25, 0.3) is 0 Å². The van der Waals surface area contributed by atoms with Crippen molar-refractivity contribution in [2.75, 3.05) is 0 Å². The van der Waals surface area contributed by atoms with Gasteiger partial charge in [-0.3, -0.25) is 4.79 Å². The zero-order chi connectivity index (χ0) is 15.8. The lowest BCUT2D eigenvalue weighted by Gasteiger charge is -2.59. The van der Waals surface area contributed by atoms with Crippen molar-refractivity contribution in [3.05, 3.63) is 0 Å². The second-order valence-corrected chi connectivity index (χ2v) is 11.7. The van der Waals surface area contributed by atoms with Crippen LogP contribution in [0, 0.1) is 35.0 Å². The third-order valence-electron chi connectivity index (χ3n) is 8.27. The van der Waals surface area contributed by atoms with E-state index < -0.39 is 0 Å². The molecule has 0 aromatic rings. The van der Waals surface area contributed by atoms with Crippen molar-refractivity contribution in [3.63, 3.8) is 0 Å². The van der Waals surface area contributed by atoms with Gasteiger partial charge in [0.1, 0.15) is 0 Å². The minimum Gasteiger partial charge on any atom is -0.353 e. The van der Waals surface area contributed by atoms with Crippen LogP contribution in [0.5, 0.6) is 0 Å². The zero-order valence-corrected chi connectivity index (χ0v) is 15.9. The lowest BCUT2D eigenvalue weighted by Crippen LogP contribution is -2.59. The van der Waals surface area contributed by atoms with Crippen molar-refractivity contribution >= 4 is 21.8 Å². The van der Waals surface area contributed by atoms with Gasteiger partial charge in [0.2, 0.25) is 5.91 Å². The second kappa shape index (κ2) is 4.99. The van der Waals surface area contributed by atoms with E-state index in [9.17, 15) is 4.79 Å². The Balaban J connectivity index is 1.31. The van der Waals surface area contributed by atoms with Crippen molar-refractivity contribution in [2.45, 2.75) is 81.5 Å². The molecular weight excluding hydrogens is 350 g/mol. The maximum absolute atomic E-state index is 13.3. The topological polar surface area (TPSA) is 29.1 Å². The van der Waals surface area contributed by atoms with Crippen LogP contribution in [0.2, 0.25) is 0 Å². The molecule has 6 aliphatic rings. The van der Waals surface area contributed by atoms with Crippen LogP contribution < -0.4 is 5.32 Å². The molecule has 2 nitrogen and oxygen atoms in total. The van der Waals surface area contributed by atoms with Gasteiger partial charge in [0.25, 0.3) is 0 Å². The molecule has 0 aromatic carbocycles. The minimum atomic E-state index is -0.0422. The first-order chi connectivity index (χ1) is 10.9. The number of carbonyl (C=O) groups is 1. The molecule has 0 heterocycles. The van der Waals surface area contributed by atoms with Gasteiger partial charge in [-0.1, -0.05) is 22.4 Å². The molecule has 6 aliphatic carbocycles. The third-order valence-corrected chi connectivity index (χ3v) is 9.19. The number of hydrogen-bond donors (Lipinski definition) is 1. The number of hydrogen-bond acceptors (Lipinski definition) is 1. The second-order valence-electron chi connectivity index (χ2n) is 9.99. The van der Waals surface area contributed by atoms with E-state index >= 15 is 0 Å². The molecule has 23 heavy (non-hydrogen) atoms. The molecule has 1 N–H and O–H groups in total. The largest absolute Gasteiger partial charge is 0.353 e. The molecule has 0 radical (unpaired) electrons. The Kier molecular flexibility index (Phi) is 3.30. The fourth-order valence-corrected chi connectivity index (χ4v) is 9.24. The SMILES string of the molecule is CC(NC(=O)C12CC3CC(CC(Br)(C3)C1)C2)C1CC2CCC1C2. The quantitative estimate of drug-likeness (QED) is 0.709. The molecule has 128 valence electrons. The summed E-state index contributed by atoms with van der Waals surface area (Å²) in [5.41, 5.74) is -0.0422. The highest BCUT2D eigenvalue weighted by Gasteiger charge is 2.60. The van der Waals surface area contributed by atoms with Crippen molar-refractivity contribution < 1.29 is 4.79 Å². The summed E-state index contributed by atoms with van der Waals surface area (Å²) in [5.74, 6) is 4.61. The molecule has 0 aromatic heterocycles. The summed E-state index contributed by atoms with van der Waals surface area (Å²) in [7, 11) is 0. The van der Waals surface area contributed by atoms with Gasteiger partial charge in [-0.2, -0.15) is 0 Å². The lowest BCUT2D eigenvalue weighted by atomic mass is 9.49. The first-order valence-electron chi connectivity index (χ1n) is 9.95. The summed E-state index contributed by atoms with van der Waals surface area (Å²) in [6.07, 6.45) is 13.1. The van der Waals surface area contributed by atoms with Crippen molar-refractivity contribution in [1.82, 2.24) is 5.32 Å². The predicted octanol–water partition coefficient (Wildman–Crippen LogP) is 4.66. The molecule has 0 saturated heterocycles. The van der Waals surface area contributed by atoms with E-state index in [1.54, 1.807) is 0 Å². The molecule has 0 spiro atoms. The number of carbonyl (C=O) groups excluding carboxylic acids is 1. The third kappa shape index (κ3) is 2.35. The first-order valence-corrected chi connectivity index (χ1v) is 10.7. The molecule has 6 saturated carbocycles. The zero-order valence-electron chi connectivity index (χ0n) is 14.3. The molecule has 6 bridgehead atoms. The van der Waals surface area contributed by atoms with Crippen molar-refractivity contribution in [2.24, 2.45) is 35.0 Å². The number of alkyl halides is 1. The highest BCUT2D eigenvalue weighted by atomic mass is 79.9. The number of fused-ring (bicyclic) bond motifs is 2. The van der Waals surface area contributed by atoms with Crippen LogP contribution in [-0.4, -0.2) is 16.3 Å². The molecule has 6 fully saturated rings. The van der Waals surface area contributed by atoms with Gasteiger partial charge in [0, 0.05) is 10.4 Å². The molecule has 0 aliphatic heterocycles. The predicted molar refractivity (Wildman–Crippen MR) is 95.3 cm³/mol. The van der Waals surface area contributed by atoms with Crippen LogP contribution in [0.15, 0.2) is 0 Å². The van der Waals surface area contributed by atoms with Crippen molar-refractivity contribution in [1.29, 1.82) is 0 Å². The highest BCUT2D eigenvalue weighted by molar-refractivity contribution is 9.10. The maximum Gasteiger partial charge on any atom is 0.226 e. The Hall–Kier alpha value is -0.0500. The van der Waals surface area contributed by atoms with Crippen LogP contribution in [-0.2, 0) is 4.79 Å². The first kappa shape index (κ1) is 15.2. The maximum atomic E-state index is 13.3.